The molecule has 2 aliphatic rings. The first-order valence-electron chi connectivity index (χ1n) is 17.9. The molecule has 1 aromatic heterocycles. The van der Waals surface area contributed by atoms with E-state index in [2.05, 4.69) is 84.9 Å². The Balaban J connectivity index is -0.000000298. The van der Waals surface area contributed by atoms with Gasteiger partial charge in [0.25, 0.3) is 0 Å². The van der Waals surface area contributed by atoms with Crippen LogP contribution in [0.1, 0.15) is 103 Å². The molecule has 10 nitrogen and oxygen atoms in total. The van der Waals surface area contributed by atoms with Crippen molar-refractivity contribution < 1.29 is 9.53 Å². The van der Waals surface area contributed by atoms with Crippen LogP contribution in [0.15, 0.2) is 53.3 Å². The van der Waals surface area contributed by atoms with Crippen molar-refractivity contribution in [3.63, 3.8) is 0 Å². The number of likely N-dealkylation sites (N-methyl/N-ethyl adjacent to an activating group) is 1. The maximum Gasteiger partial charge on any atom is 0.326 e. The highest BCUT2D eigenvalue weighted by Gasteiger charge is 2.43. The number of imidazole rings is 1. The minimum Gasteiger partial charge on any atom is -0.388 e. The van der Waals surface area contributed by atoms with Crippen LogP contribution in [0.5, 0.6) is 0 Å². The van der Waals surface area contributed by atoms with Crippen molar-refractivity contribution in [3.8, 4) is 12.3 Å². The summed E-state index contributed by atoms with van der Waals surface area (Å²) < 4.78 is 5.99. The molecule has 2 fully saturated rings. The van der Waals surface area contributed by atoms with E-state index in [0.29, 0.717) is 18.5 Å². The van der Waals surface area contributed by atoms with Gasteiger partial charge in [0.2, 0.25) is 5.91 Å². The summed E-state index contributed by atoms with van der Waals surface area (Å²) in [5.74, 6) is 3.25. The summed E-state index contributed by atoms with van der Waals surface area (Å²) in [4.78, 5) is 27.9. The molecule has 1 atom stereocenters. The lowest BCUT2D eigenvalue weighted by Crippen LogP contribution is -2.46. The Morgan fingerprint density at radius 3 is 1.92 bits per heavy atom. The molecule has 0 saturated carbocycles. The molecular formula is C43H81N7O3. The van der Waals surface area contributed by atoms with E-state index in [1.54, 1.807) is 25.7 Å². The van der Waals surface area contributed by atoms with Crippen molar-refractivity contribution in [2.45, 2.75) is 120 Å². The van der Waals surface area contributed by atoms with Crippen LogP contribution < -0.4 is 31.9 Å². The Kier molecular flexibility index (Phi) is 32.6. The van der Waals surface area contributed by atoms with E-state index in [-0.39, 0.29) is 39.4 Å². The smallest absolute Gasteiger partial charge is 0.326 e. The number of carbonyl (C=O) groups is 1. The zero-order valence-electron chi connectivity index (χ0n) is 33.3. The number of fused-ring (bicyclic) bond motifs is 1. The minimum absolute atomic E-state index is 0. The summed E-state index contributed by atoms with van der Waals surface area (Å²) in [7, 11) is 9.04. The van der Waals surface area contributed by atoms with Crippen molar-refractivity contribution in [2.24, 2.45) is 5.92 Å². The van der Waals surface area contributed by atoms with Crippen molar-refractivity contribution in [3.05, 3.63) is 59.0 Å². The fourth-order valence-corrected chi connectivity index (χ4v) is 5.91. The van der Waals surface area contributed by atoms with Crippen LogP contribution >= 0.6 is 0 Å². The minimum atomic E-state index is -0.0403. The molecule has 53 heavy (non-hydrogen) atoms. The summed E-state index contributed by atoms with van der Waals surface area (Å²) >= 11 is 0. The van der Waals surface area contributed by atoms with Gasteiger partial charge >= 0.3 is 5.69 Å². The number of rotatable bonds is 7. The van der Waals surface area contributed by atoms with Crippen LogP contribution in [0, 0.1) is 18.3 Å². The lowest BCUT2D eigenvalue weighted by molar-refractivity contribution is -0.119. The number of hydrogen-bond donors (Lipinski definition) is 5. The van der Waals surface area contributed by atoms with E-state index in [4.69, 9.17) is 0 Å². The number of amides is 1. The SMILES string of the molecule is C.C.C.C#CC.CCC.CNCC1CC(C)(C)NC1(C)C.CNCCn1c(=O)[nH]c2ccccc21.CNc1ccc(N2CCCCC2=O)cc1.COC. The van der Waals surface area contributed by atoms with E-state index in [9.17, 15) is 9.59 Å². The number of aromatic nitrogens is 2. The molecule has 2 aliphatic heterocycles. The molecule has 0 aliphatic carbocycles. The molecule has 5 rings (SSSR count). The van der Waals surface area contributed by atoms with E-state index >= 15 is 0 Å². The van der Waals surface area contributed by atoms with E-state index in [0.717, 1.165) is 60.8 Å². The van der Waals surface area contributed by atoms with Crippen LogP contribution in [0.25, 0.3) is 11.0 Å². The second kappa shape index (κ2) is 30.8. The quantitative estimate of drug-likeness (QED) is 0.155. The summed E-state index contributed by atoms with van der Waals surface area (Å²) in [5, 5.41) is 13.0. The number of benzene rings is 2. The lowest BCUT2D eigenvalue weighted by atomic mass is 9.87. The van der Waals surface area contributed by atoms with Crippen molar-refractivity contribution in [1.29, 1.82) is 0 Å². The number of nitrogens with zero attached hydrogens (tertiary/aromatic N) is 2. The number of methoxy groups -OCH3 is 1. The Morgan fingerprint density at radius 1 is 0.925 bits per heavy atom. The van der Waals surface area contributed by atoms with Gasteiger partial charge in [-0.1, -0.05) is 54.7 Å². The zero-order chi connectivity index (χ0) is 38.2. The fraction of sp³-hybridized carbons (Fsp3) is 0.628. The maximum atomic E-state index is 11.7. The van der Waals surface area contributed by atoms with E-state index in [1.807, 2.05) is 74.6 Å². The molecule has 3 heterocycles. The van der Waals surface area contributed by atoms with Gasteiger partial charge in [-0.25, -0.2) is 4.79 Å². The third-order valence-electron chi connectivity index (χ3n) is 7.95. The average Bonchev–Trinajstić information content (AvgIpc) is 3.50. The highest BCUT2D eigenvalue weighted by molar-refractivity contribution is 5.94. The number of hydrogen-bond acceptors (Lipinski definition) is 7. The number of ether oxygens (including phenoxy) is 1. The van der Waals surface area contributed by atoms with Gasteiger partial charge in [0.15, 0.2) is 0 Å². The molecule has 3 aromatic rings. The number of anilines is 2. The molecule has 5 N–H and O–H groups in total. The first-order valence-corrected chi connectivity index (χ1v) is 17.9. The van der Waals surface area contributed by atoms with Crippen molar-refractivity contribution >= 4 is 28.3 Å². The Labute approximate surface area is 325 Å². The number of terminal acetylenes is 1. The molecule has 1 unspecified atom stereocenters. The number of nitrogens with one attached hydrogen (secondary N) is 5. The van der Waals surface area contributed by atoms with E-state index < -0.39 is 0 Å². The first kappa shape index (κ1) is 56.1. The Bertz CT molecular complexity index is 1420. The number of carbonyl (C=O) groups excluding carboxylic acids is 1. The molecular weight excluding hydrogens is 663 g/mol. The standard InChI is InChI=1S/C12H16N2O.C10H13N3O.C10H22N2.C3H8.C3H4.C2H6O.3CH4/c1-13-10-5-7-11(8-6-10)14-9-3-2-4-12(14)15;1-11-6-7-13-9-5-3-2-4-8(9)12-10(13)14;1-9(2)6-8(7-11-5)10(3,4)12-9;3*1-3-2;;;/h5-8,13H,2-4,9H2,1H3;2-5,11H,6-7H2,1H3,(H,12,14);8,11-12H,6-7H2,1-5H3;3H2,1-2H3;1H,2H3;1-2H3;3*1H4. The summed E-state index contributed by atoms with van der Waals surface area (Å²) in [5.41, 5.74) is 4.50. The van der Waals surface area contributed by atoms with Crippen LogP contribution in [0.4, 0.5) is 11.4 Å². The molecule has 2 aromatic carbocycles. The van der Waals surface area contributed by atoms with Gasteiger partial charge in [-0.2, -0.15) is 0 Å². The zero-order valence-corrected chi connectivity index (χ0v) is 33.3. The molecule has 10 heteroatoms. The van der Waals surface area contributed by atoms with Crippen LogP contribution in [-0.4, -0.2) is 81.5 Å². The van der Waals surface area contributed by atoms with Gasteiger partial charge in [-0.15, -0.1) is 12.3 Å². The Hall–Kier alpha value is -3.62. The van der Waals surface area contributed by atoms with Gasteiger partial charge in [0, 0.05) is 69.8 Å². The number of para-hydroxylation sites is 2. The summed E-state index contributed by atoms with van der Waals surface area (Å²) in [6, 6.07) is 15.7. The third-order valence-corrected chi connectivity index (χ3v) is 7.95. The van der Waals surface area contributed by atoms with Gasteiger partial charge in [-0.3, -0.25) is 9.36 Å². The van der Waals surface area contributed by atoms with Crippen molar-refractivity contribution in [2.75, 3.05) is 65.2 Å². The molecule has 1 amide bonds. The van der Waals surface area contributed by atoms with Gasteiger partial charge in [0.1, 0.15) is 0 Å². The molecule has 0 bridgehead atoms. The summed E-state index contributed by atoms with van der Waals surface area (Å²) in [6.07, 6.45) is 9.94. The largest absolute Gasteiger partial charge is 0.388 e. The second-order valence-corrected chi connectivity index (χ2v) is 13.6. The number of aromatic amines is 1. The van der Waals surface area contributed by atoms with E-state index in [1.165, 1.54) is 12.8 Å². The molecule has 0 radical (unpaired) electrons. The van der Waals surface area contributed by atoms with Crippen molar-refractivity contribution in [1.82, 2.24) is 25.5 Å². The summed E-state index contributed by atoms with van der Waals surface area (Å²) in [6.45, 7) is 18.5. The first-order chi connectivity index (χ1) is 23.8. The molecule has 306 valence electrons. The number of piperidine rings is 1. The normalized spacial score (nSPS) is 15.7. The highest BCUT2D eigenvalue weighted by atomic mass is 16.4. The fourth-order valence-electron chi connectivity index (χ4n) is 5.91. The van der Waals surface area contributed by atoms with Gasteiger partial charge in [-0.05, 0) is 117 Å². The topological polar surface area (TPSA) is 115 Å². The predicted molar refractivity (Wildman–Crippen MR) is 236 cm³/mol. The van der Waals surface area contributed by atoms with Crippen LogP contribution in [-0.2, 0) is 16.1 Å². The Morgan fingerprint density at radius 2 is 1.47 bits per heavy atom. The van der Waals surface area contributed by atoms with Crippen LogP contribution in [0.3, 0.4) is 0 Å². The lowest BCUT2D eigenvalue weighted by Gasteiger charge is -2.28. The second-order valence-electron chi connectivity index (χ2n) is 13.6. The number of H-pyrrole nitrogens is 1. The highest BCUT2D eigenvalue weighted by Crippen LogP contribution is 2.35. The monoisotopic (exact) mass is 744 g/mol. The maximum absolute atomic E-state index is 11.7. The molecule has 0 spiro atoms. The van der Waals surface area contributed by atoms with Gasteiger partial charge in [0.05, 0.1) is 11.0 Å². The third kappa shape index (κ3) is 21.0. The van der Waals surface area contributed by atoms with Crippen LogP contribution in [0.2, 0.25) is 0 Å². The van der Waals surface area contributed by atoms with Gasteiger partial charge < -0.3 is 35.9 Å². The average molecular weight is 744 g/mol. The molecule has 2 saturated heterocycles. The predicted octanol–water partition coefficient (Wildman–Crippen LogP) is 8.39.